The Kier molecular flexibility index (Phi) is 4.11. The van der Waals surface area contributed by atoms with Crippen molar-refractivity contribution in [1.82, 2.24) is 5.32 Å². The molecule has 0 spiro atoms. The molecule has 0 aliphatic heterocycles. The van der Waals surface area contributed by atoms with Gasteiger partial charge in [0, 0.05) is 17.3 Å². The fourth-order valence-corrected chi connectivity index (χ4v) is 3.53. The summed E-state index contributed by atoms with van der Waals surface area (Å²) in [6.45, 7) is 0.704. The number of furan rings is 1. The Balaban J connectivity index is 1.45. The molecule has 2 aromatic carbocycles. The molecule has 1 saturated carbocycles. The third-order valence-electron chi connectivity index (χ3n) is 4.82. The number of fused-ring (bicyclic) bond motifs is 3. The maximum Gasteiger partial charge on any atom is 0.412 e. The maximum atomic E-state index is 12.0. The highest BCUT2D eigenvalue weighted by Crippen LogP contribution is 2.31. The number of carbonyl (C=O) groups is 1. The zero-order chi connectivity index (χ0) is 16.4. The molecule has 4 rings (SSSR count). The molecular weight excluding hydrogens is 302 g/mol. The Bertz CT molecular complexity index is 862. The minimum Gasteiger partial charge on any atom is -0.456 e. The number of para-hydroxylation sites is 1. The predicted octanol–water partition coefficient (Wildman–Crippen LogP) is 5.25. The third kappa shape index (κ3) is 3.09. The van der Waals surface area contributed by atoms with E-state index in [2.05, 4.69) is 5.32 Å². The average Bonchev–Trinajstić information content (AvgIpc) is 2.99. The third-order valence-corrected chi connectivity index (χ3v) is 4.82. The first-order chi connectivity index (χ1) is 11.8. The van der Waals surface area contributed by atoms with Gasteiger partial charge in [0.05, 0.1) is 0 Å². The van der Waals surface area contributed by atoms with Crippen molar-refractivity contribution in [1.29, 1.82) is 0 Å². The van der Waals surface area contributed by atoms with Crippen molar-refractivity contribution in [2.24, 2.45) is 5.92 Å². The van der Waals surface area contributed by atoms with Crippen molar-refractivity contribution >= 4 is 28.0 Å². The van der Waals surface area contributed by atoms with Crippen molar-refractivity contribution < 1.29 is 13.9 Å². The molecule has 0 atom stereocenters. The molecule has 1 heterocycles. The number of amides is 1. The number of nitrogens with one attached hydrogen (secondary N) is 1. The van der Waals surface area contributed by atoms with Crippen LogP contribution in [-0.2, 0) is 0 Å². The van der Waals surface area contributed by atoms with Crippen molar-refractivity contribution in [3.8, 4) is 5.75 Å². The maximum absolute atomic E-state index is 12.0. The van der Waals surface area contributed by atoms with Crippen LogP contribution in [0.1, 0.15) is 32.1 Å². The topological polar surface area (TPSA) is 51.5 Å². The van der Waals surface area contributed by atoms with E-state index in [-0.39, 0.29) is 6.09 Å². The zero-order valence-corrected chi connectivity index (χ0v) is 13.6. The van der Waals surface area contributed by atoms with Gasteiger partial charge in [-0.2, -0.15) is 0 Å². The molecule has 0 unspecified atom stereocenters. The second-order valence-corrected chi connectivity index (χ2v) is 6.53. The lowest BCUT2D eigenvalue weighted by molar-refractivity contribution is 0.196. The Morgan fingerprint density at radius 3 is 2.71 bits per heavy atom. The van der Waals surface area contributed by atoms with Gasteiger partial charge in [0.1, 0.15) is 16.9 Å². The van der Waals surface area contributed by atoms with Gasteiger partial charge in [-0.3, -0.25) is 0 Å². The van der Waals surface area contributed by atoms with Gasteiger partial charge in [-0.05, 0) is 43.0 Å². The summed E-state index contributed by atoms with van der Waals surface area (Å²) in [7, 11) is 0. The van der Waals surface area contributed by atoms with E-state index in [1.807, 2.05) is 36.4 Å². The fraction of sp³-hybridized carbons (Fsp3) is 0.350. The molecule has 0 bridgehead atoms. The van der Waals surface area contributed by atoms with E-state index in [0.717, 1.165) is 21.9 Å². The van der Waals surface area contributed by atoms with Crippen molar-refractivity contribution in [3.63, 3.8) is 0 Å². The molecule has 1 aliphatic carbocycles. The van der Waals surface area contributed by atoms with E-state index in [1.165, 1.54) is 32.1 Å². The van der Waals surface area contributed by atoms with Gasteiger partial charge in [0.2, 0.25) is 0 Å². The highest BCUT2D eigenvalue weighted by Gasteiger charge is 2.15. The summed E-state index contributed by atoms with van der Waals surface area (Å²) in [6, 6.07) is 13.3. The number of rotatable bonds is 3. The Labute approximate surface area is 140 Å². The van der Waals surface area contributed by atoms with E-state index < -0.39 is 0 Å². The number of hydrogen-bond acceptors (Lipinski definition) is 3. The van der Waals surface area contributed by atoms with Crippen LogP contribution < -0.4 is 10.1 Å². The number of ether oxygens (including phenoxy) is 1. The Morgan fingerprint density at radius 1 is 1.04 bits per heavy atom. The molecule has 4 nitrogen and oxygen atoms in total. The molecule has 24 heavy (non-hydrogen) atoms. The molecule has 124 valence electrons. The highest BCUT2D eigenvalue weighted by molar-refractivity contribution is 6.05. The lowest BCUT2D eigenvalue weighted by Gasteiger charge is -2.21. The second-order valence-electron chi connectivity index (χ2n) is 6.53. The monoisotopic (exact) mass is 323 g/mol. The Morgan fingerprint density at radius 2 is 1.83 bits per heavy atom. The van der Waals surface area contributed by atoms with Crippen LogP contribution in [-0.4, -0.2) is 12.6 Å². The van der Waals surface area contributed by atoms with E-state index in [0.29, 0.717) is 18.2 Å². The minimum absolute atomic E-state index is 0.382. The van der Waals surface area contributed by atoms with Gasteiger partial charge in [-0.25, -0.2) is 4.79 Å². The normalized spacial score (nSPS) is 15.7. The van der Waals surface area contributed by atoms with E-state index in [1.54, 1.807) is 6.07 Å². The van der Waals surface area contributed by atoms with E-state index in [4.69, 9.17) is 9.15 Å². The van der Waals surface area contributed by atoms with Crippen LogP contribution in [0, 0.1) is 5.92 Å². The molecular formula is C20H21NO3. The summed E-state index contributed by atoms with van der Waals surface area (Å²) < 4.78 is 11.2. The SMILES string of the molecule is O=C(NCC1CCCCC1)Oc1ccc2oc3ccccc3c2c1. The molecule has 1 aromatic heterocycles. The summed E-state index contributed by atoms with van der Waals surface area (Å²) >= 11 is 0. The van der Waals surface area contributed by atoms with Gasteiger partial charge >= 0.3 is 6.09 Å². The summed E-state index contributed by atoms with van der Waals surface area (Å²) in [4.78, 5) is 12.0. The summed E-state index contributed by atoms with van der Waals surface area (Å²) in [5, 5.41) is 4.88. The van der Waals surface area contributed by atoms with Gasteiger partial charge in [0.25, 0.3) is 0 Å². The summed E-state index contributed by atoms with van der Waals surface area (Å²) in [6.07, 6.45) is 5.88. The van der Waals surface area contributed by atoms with Crippen molar-refractivity contribution in [2.75, 3.05) is 6.54 Å². The summed E-state index contributed by atoms with van der Waals surface area (Å²) in [5.74, 6) is 1.13. The van der Waals surface area contributed by atoms with Crippen LogP contribution in [0.15, 0.2) is 46.9 Å². The zero-order valence-electron chi connectivity index (χ0n) is 13.6. The molecule has 3 aromatic rings. The van der Waals surface area contributed by atoms with E-state index >= 15 is 0 Å². The van der Waals surface area contributed by atoms with Crippen molar-refractivity contribution in [3.05, 3.63) is 42.5 Å². The number of carbonyl (C=O) groups excluding carboxylic acids is 1. The lowest BCUT2D eigenvalue weighted by Crippen LogP contribution is -2.32. The molecule has 4 heteroatoms. The summed E-state index contributed by atoms with van der Waals surface area (Å²) in [5.41, 5.74) is 1.64. The predicted molar refractivity (Wildman–Crippen MR) is 94.3 cm³/mol. The molecule has 1 N–H and O–H groups in total. The largest absolute Gasteiger partial charge is 0.456 e. The number of benzene rings is 2. The van der Waals surface area contributed by atoms with Crippen LogP contribution in [0.2, 0.25) is 0 Å². The van der Waals surface area contributed by atoms with Gasteiger partial charge in [-0.15, -0.1) is 0 Å². The average molecular weight is 323 g/mol. The first-order valence-electron chi connectivity index (χ1n) is 8.66. The quantitative estimate of drug-likeness (QED) is 0.715. The lowest BCUT2D eigenvalue weighted by atomic mass is 9.89. The first-order valence-corrected chi connectivity index (χ1v) is 8.66. The van der Waals surface area contributed by atoms with Crippen molar-refractivity contribution in [2.45, 2.75) is 32.1 Å². The van der Waals surface area contributed by atoms with Gasteiger partial charge in [-0.1, -0.05) is 37.5 Å². The second kappa shape index (κ2) is 6.56. The molecule has 0 saturated heterocycles. The van der Waals surface area contributed by atoms with Crippen LogP contribution in [0.25, 0.3) is 21.9 Å². The molecule has 1 fully saturated rings. The number of hydrogen-bond donors (Lipinski definition) is 1. The van der Waals surface area contributed by atoms with Crippen LogP contribution in [0.5, 0.6) is 5.75 Å². The molecule has 0 radical (unpaired) electrons. The highest BCUT2D eigenvalue weighted by atomic mass is 16.6. The van der Waals surface area contributed by atoms with Crippen LogP contribution in [0.3, 0.4) is 0 Å². The Hall–Kier alpha value is -2.49. The standard InChI is InChI=1S/C20H21NO3/c22-20(21-13-14-6-2-1-3-7-14)23-15-10-11-19-17(12-15)16-8-4-5-9-18(16)24-19/h4-5,8-12,14H,1-3,6-7,13H2,(H,21,22). The first kappa shape index (κ1) is 15.1. The van der Waals surface area contributed by atoms with Gasteiger partial charge in [0.15, 0.2) is 0 Å². The fourth-order valence-electron chi connectivity index (χ4n) is 3.53. The molecule has 1 aliphatic rings. The van der Waals surface area contributed by atoms with Crippen LogP contribution >= 0.6 is 0 Å². The smallest absolute Gasteiger partial charge is 0.412 e. The van der Waals surface area contributed by atoms with Crippen LogP contribution in [0.4, 0.5) is 4.79 Å². The molecule has 1 amide bonds. The minimum atomic E-state index is -0.382. The van der Waals surface area contributed by atoms with Gasteiger partial charge < -0.3 is 14.5 Å². The van der Waals surface area contributed by atoms with E-state index in [9.17, 15) is 4.79 Å².